The van der Waals surface area contributed by atoms with Crippen LogP contribution < -0.4 is 20.7 Å². The third-order valence-corrected chi connectivity index (χ3v) is 5.72. The number of carbonyl (C=O) groups excluding carboxylic acids is 2. The summed E-state index contributed by atoms with van der Waals surface area (Å²) >= 11 is 11.5. The fourth-order valence-corrected chi connectivity index (χ4v) is 3.98. The molecule has 0 unspecified atom stereocenters. The topological polar surface area (TPSA) is 79.5 Å². The molecule has 0 saturated heterocycles. The summed E-state index contributed by atoms with van der Waals surface area (Å²) in [4.78, 5) is 24.9. The predicted molar refractivity (Wildman–Crippen MR) is 127 cm³/mol. The van der Waals surface area contributed by atoms with Gasteiger partial charge in [0.1, 0.15) is 5.75 Å². The first-order valence-electron chi connectivity index (χ1n) is 10.3. The number of thiocarbonyl (C=S) groups is 1. The SMILES string of the molecule is COc1ccc(CC(=O)NC(=S)Nc2ccc(Cl)c(C(=O)NC3CCCCC3)c2)cc1. The second-order valence-electron chi connectivity index (χ2n) is 7.53. The number of rotatable bonds is 6. The largest absolute Gasteiger partial charge is 0.497 e. The molecular weight excluding hydrogens is 434 g/mol. The van der Waals surface area contributed by atoms with Gasteiger partial charge in [-0.2, -0.15) is 0 Å². The van der Waals surface area contributed by atoms with Crippen LogP contribution in [0.5, 0.6) is 5.75 Å². The molecule has 0 aromatic heterocycles. The maximum absolute atomic E-state index is 12.7. The van der Waals surface area contributed by atoms with Crippen molar-refractivity contribution in [1.82, 2.24) is 10.6 Å². The number of amides is 2. The van der Waals surface area contributed by atoms with Crippen molar-refractivity contribution in [3.05, 3.63) is 58.6 Å². The van der Waals surface area contributed by atoms with Gasteiger partial charge in [-0.3, -0.25) is 9.59 Å². The number of nitrogens with one attached hydrogen (secondary N) is 3. The lowest BCUT2D eigenvalue weighted by Crippen LogP contribution is -2.36. The van der Waals surface area contributed by atoms with Crippen molar-refractivity contribution < 1.29 is 14.3 Å². The van der Waals surface area contributed by atoms with E-state index >= 15 is 0 Å². The van der Waals surface area contributed by atoms with Crippen LogP contribution in [-0.4, -0.2) is 30.1 Å². The van der Waals surface area contributed by atoms with E-state index in [9.17, 15) is 9.59 Å². The van der Waals surface area contributed by atoms with Crippen molar-refractivity contribution in [2.24, 2.45) is 0 Å². The Labute approximate surface area is 192 Å². The molecule has 0 spiro atoms. The number of anilines is 1. The Hall–Kier alpha value is -2.64. The first kappa shape index (κ1) is 23.0. The van der Waals surface area contributed by atoms with Gasteiger partial charge in [0.2, 0.25) is 5.91 Å². The lowest BCUT2D eigenvalue weighted by Gasteiger charge is -2.23. The fraction of sp³-hybridized carbons (Fsp3) is 0.348. The van der Waals surface area contributed by atoms with Crippen molar-refractivity contribution in [3.8, 4) is 5.75 Å². The van der Waals surface area contributed by atoms with Crippen LogP contribution in [0.2, 0.25) is 5.02 Å². The molecule has 31 heavy (non-hydrogen) atoms. The molecule has 8 heteroatoms. The molecular formula is C23H26ClN3O3S. The standard InChI is InChI=1S/C23H26ClN3O3S/c1-30-18-10-7-15(8-11-18)13-21(28)27-23(31)26-17-9-12-20(24)19(14-17)22(29)25-16-5-3-2-4-6-16/h7-12,14,16H,2-6,13H2,1H3,(H,25,29)(H2,26,27,28,31). The average Bonchev–Trinajstić information content (AvgIpc) is 2.76. The van der Waals surface area contributed by atoms with Gasteiger partial charge in [-0.25, -0.2) is 0 Å². The Kier molecular flexibility index (Phi) is 8.26. The average molecular weight is 460 g/mol. The molecule has 1 saturated carbocycles. The molecule has 2 amide bonds. The van der Waals surface area contributed by atoms with Crippen LogP contribution in [0.25, 0.3) is 0 Å². The quantitative estimate of drug-likeness (QED) is 0.555. The van der Waals surface area contributed by atoms with Crippen molar-refractivity contribution in [1.29, 1.82) is 0 Å². The Morgan fingerprint density at radius 2 is 1.81 bits per heavy atom. The van der Waals surface area contributed by atoms with Crippen molar-refractivity contribution in [2.45, 2.75) is 44.6 Å². The number of ether oxygens (including phenoxy) is 1. The summed E-state index contributed by atoms with van der Waals surface area (Å²) in [5, 5.41) is 9.18. The molecule has 0 radical (unpaired) electrons. The molecule has 1 aliphatic carbocycles. The van der Waals surface area contributed by atoms with Crippen LogP contribution in [0, 0.1) is 0 Å². The first-order valence-corrected chi connectivity index (χ1v) is 11.1. The molecule has 3 rings (SSSR count). The molecule has 6 nitrogen and oxygen atoms in total. The van der Waals surface area contributed by atoms with E-state index in [2.05, 4.69) is 16.0 Å². The molecule has 164 valence electrons. The van der Waals surface area contributed by atoms with Gasteiger partial charge in [0.25, 0.3) is 5.91 Å². The van der Waals surface area contributed by atoms with Gasteiger partial charge in [0.05, 0.1) is 24.1 Å². The summed E-state index contributed by atoms with van der Waals surface area (Å²) in [6.45, 7) is 0. The van der Waals surface area contributed by atoms with Gasteiger partial charge in [-0.15, -0.1) is 0 Å². The highest BCUT2D eigenvalue weighted by Gasteiger charge is 2.19. The number of methoxy groups -OCH3 is 1. The maximum Gasteiger partial charge on any atom is 0.253 e. The maximum atomic E-state index is 12.7. The van der Waals surface area contributed by atoms with Gasteiger partial charge in [0.15, 0.2) is 5.11 Å². The van der Waals surface area contributed by atoms with E-state index < -0.39 is 0 Å². The molecule has 0 heterocycles. The highest BCUT2D eigenvalue weighted by Crippen LogP contribution is 2.23. The third kappa shape index (κ3) is 6.94. The molecule has 0 bridgehead atoms. The fourth-order valence-electron chi connectivity index (χ4n) is 3.55. The molecule has 1 aliphatic rings. The Balaban J connectivity index is 1.55. The van der Waals surface area contributed by atoms with Crippen LogP contribution in [0.15, 0.2) is 42.5 Å². The van der Waals surface area contributed by atoms with Crippen LogP contribution >= 0.6 is 23.8 Å². The lowest BCUT2D eigenvalue weighted by molar-refractivity contribution is -0.119. The second-order valence-corrected chi connectivity index (χ2v) is 8.35. The van der Waals surface area contributed by atoms with Crippen LogP contribution in [0.1, 0.15) is 48.0 Å². The Morgan fingerprint density at radius 1 is 1.10 bits per heavy atom. The second kappa shape index (κ2) is 11.1. The van der Waals surface area contributed by atoms with Gasteiger partial charge < -0.3 is 20.7 Å². The minimum atomic E-state index is -0.244. The van der Waals surface area contributed by atoms with Crippen LogP contribution in [0.4, 0.5) is 5.69 Å². The van der Waals surface area contributed by atoms with E-state index in [1.165, 1.54) is 6.42 Å². The van der Waals surface area contributed by atoms with Crippen molar-refractivity contribution >= 4 is 46.4 Å². The molecule has 0 atom stereocenters. The number of halogens is 1. The van der Waals surface area contributed by atoms with Crippen LogP contribution in [-0.2, 0) is 11.2 Å². The highest BCUT2D eigenvalue weighted by molar-refractivity contribution is 7.80. The summed E-state index contributed by atoms with van der Waals surface area (Å²) in [5.41, 5.74) is 1.80. The number of benzene rings is 2. The van der Waals surface area contributed by atoms with Crippen LogP contribution in [0.3, 0.4) is 0 Å². The minimum absolute atomic E-state index is 0.152. The summed E-state index contributed by atoms with van der Waals surface area (Å²) in [6.07, 6.45) is 5.64. The minimum Gasteiger partial charge on any atom is -0.497 e. The first-order chi connectivity index (χ1) is 14.9. The van der Waals surface area contributed by atoms with Gasteiger partial charge in [-0.05, 0) is 61.0 Å². The molecule has 2 aromatic carbocycles. The highest BCUT2D eigenvalue weighted by atomic mass is 35.5. The number of hydrogen-bond acceptors (Lipinski definition) is 4. The van der Waals surface area contributed by atoms with Gasteiger partial charge in [-0.1, -0.05) is 43.0 Å². The zero-order valence-corrected chi connectivity index (χ0v) is 18.9. The van der Waals surface area contributed by atoms with E-state index in [0.29, 0.717) is 16.3 Å². The van der Waals surface area contributed by atoms with Crippen molar-refractivity contribution in [3.63, 3.8) is 0 Å². The number of hydrogen-bond donors (Lipinski definition) is 3. The van der Waals surface area contributed by atoms with E-state index in [4.69, 9.17) is 28.6 Å². The van der Waals surface area contributed by atoms with Gasteiger partial charge >= 0.3 is 0 Å². The van der Waals surface area contributed by atoms with Crippen molar-refractivity contribution in [2.75, 3.05) is 12.4 Å². The molecule has 1 fully saturated rings. The lowest BCUT2D eigenvalue weighted by atomic mass is 9.95. The Morgan fingerprint density at radius 3 is 2.48 bits per heavy atom. The normalized spacial score (nSPS) is 13.9. The third-order valence-electron chi connectivity index (χ3n) is 5.19. The van der Waals surface area contributed by atoms with Gasteiger partial charge in [0, 0.05) is 11.7 Å². The molecule has 0 aliphatic heterocycles. The molecule has 3 N–H and O–H groups in total. The summed E-state index contributed by atoms with van der Waals surface area (Å²) in [7, 11) is 1.59. The van der Waals surface area contributed by atoms with E-state index in [0.717, 1.165) is 37.0 Å². The zero-order chi connectivity index (χ0) is 22.2. The zero-order valence-electron chi connectivity index (χ0n) is 17.4. The van der Waals surface area contributed by atoms with E-state index in [1.807, 2.05) is 12.1 Å². The Bertz CT molecular complexity index is 944. The monoisotopic (exact) mass is 459 g/mol. The van der Waals surface area contributed by atoms with E-state index in [1.54, 1.807) is 37.4 Å². The summed E-state index contributed by atoms with van der Waals surface area (Å²) < 4.78 is 5.11. The smallest absolute Gasteiger partial charge is 0.253 e. The summed E-state index contributed by atoms with van der Waals surface area (Å²) in [5.74, 6) is 0.286. The van der Waals surface area contributed by atoms with E-state index in [-0.39, 0.29) is 29.4 Å². The predicted octanol–water partition coefficient (Wildman–Crippen LogP) is 4.47. The summed E-state index contributed by atoms with van der Waals surface area (Å²) in [6, 6.07) is 12.4. The molecule has 2 aromatic rings. The number of carbonyl (C=O) groups is 2.